The molecule has 0 bridgehead atoms. The van der Waals surface area contributed by atoms with E-state index in [0.29, 0.717) is 6.54 Å². The van der Waals surface area contributed by atoms with E-state index in [9.17, 15) is 18.0 Å². The largest absolute Gasteiger partial charge is 0.452 e. The third-order valence-electron chi connectivity index (χ3n) is 4.18. The first kappa shape index (κ1) is 19.7. The predicted octanol–water partition coefficient (Wildman–Crippen LogP) is 1.81. The molecule has 1 fully saturated rings. The van der Waals surface area contributed by atoms with Crippen molar-refractivity contribution in [3.05, 3.63) is 28.8 Å². The van der Waals surface area contributed by atoms with E-state index in [1.165, 1.54) is 19.2 Å². The summed E-state index contributed by atoms with van der Waals surface area (Å²) in [6.07, 6.45) is 2.95. The van der Waals surface area contributed by atoms with E-state index in [1.54, 1.807) is 4.90 Å². The molecule has 1 saturated heterocycles. The number of nitrogens with one attached hydrogen (secondary N) is 1. The normalized spacial score (nSPS) is 18.0. The van der Waals surface area contributed by atoms with Crippen LogP contribution in [0.3, 0.4) is 0 Å². The third kappa shape index (κ3) is 4.71. The number of carbonyl (C=O) groups excluding carboxylic acids is 2. The van der Waals surface area contributed by atoms with Gasteiger partial charge in [0.25, 0.3) is 5.91 Å². The smallest absolute Gasteiger partial charge is 0.338 e. The lowest BCUT2D eigenvalue weighted by molar-refractivity contribution is -0.137. The average Bonchev–Trinajstić information content (AvgIpc) is 2.60. The molecule has 0 aromatic heterocycles. The fourth-order valence-electron chi connectivity index (χ4n) is 2.71. The van der Waals surface area contributed by atoms with Gasteiger partial charge in [-0.2, -0.15) is 0 Å². The van der Waals surface area contributed by atoms with E-state index >= 15 is 0 Å². The Kier molecular flexibility index (Phi) is 6.42. The van der Waals surface area contributed by atoms with Crippen molar-refractivity contribution < 1.29 is 22.7 Å². The second-order valence-corrected chi connectivity index (χ2v) is 8.12. The standard InChI is InChI=1S/C16H21ClN2O5S/c1-11-5-3-4-8-19(11)15(20)10-24-16(21)12-6-7-13(17)14(9-12)25(22,23)18-2/h6-7,9,11,18H,3-5,8,10H2,1-2H3/t11-/m1/s1. The number of amides is 1. The van der Waals surface area contributed by atoms with Gasteiger partial charge in [0.15, 0.2) is 6.61 Å². The summed E-state index contributed by atoms with van der Waals surface area (Å²) in [5.41, 5.74) is 0.0118. The molecular formula is C16H21ClN2O5S. The minimum absolute atomic E-state index is 0.0101. The molecule has 1 aromatic carbocycles. The molecule has 0 spiro atoms. The van der Waals surface area contributed by atoms with E-state index in [2.05, 4.69) is 4.72 Å². The van der Waals surface area contributed by atoms with Crippen LogP contribution in [0.1, 0.15) is 36.5 Å². The van der Waals surface area contributed by atoms with Crippen molar-refractivity contribution >= 4 is 33.5 Å². The quantitative estimate of drug-likeness (QED) is 0.776. The summed E-state index contributed by atoms with van der Waals surface area (Å²) in [4.78, 5) is 25.8. The maximum absolute atomic E-state index is 12.2. The molecule has 25 heavy (non-hydrogen) atoms. The van der Waals surface area contributed by atoms with Crippen molar-refractivity contribution in [2.24, 2.45) is 0 Å². The highest BCUT2D eigenvalue weighted by atomic mass is 35.5. The summed E-state index contributed by atoms with van der Waals surface area (Å²) in [5, 5.41) is -0.0101. The molecule has 0 unspecified atom stereocenters. The first-order valence-electron chi connectivity index (χ1n) is 7.96. The lowest BCUT2D eigenvalue weighted by Crippen LogP contribution is -2.44. The van der Waals surface area contributed by atoms with E-state index in [-0.39, 0.29) is 34.0 Å². The molecule has 9 heteroatoms. The molecule has 1 atom stereocenters. The summed E-state index contributed by atoms with van der Waals surface area (Å²) >= 11 is 5.88. The highest BCUT2D eigenvalue weighted by Gasteiger charge is 2.25. The van der Waals surface area contributed by atoms with Gasteiger partial charge in [-0.25, -0.2) is 17.9 Å². The van der Waals surface area contributed by atoms with Crippen molar-refractivity contribution in [2.45, 2.75) is 37.1 Å². The number of hydrogen-bond acceptors (Lipinski definition) is 5. The van der Waals surface area contributed by atoms with Crippen molar-refractivity contribution in [2.75, 3.05) is 20.2 Å². The Hall–Kier alpha value is -1.64. The second-order valence-electron chi connectivity index (χ2n) is 5.86. The summed E-state index contributed by atoms with van der Waals surface area (Å²) in [6, 6.07) is 3.91. The van der Waals surface area contributed by atoms with Gasteiger partial charge in [0.2, 0.25) is 10.0 Å². The van der Waals surface area contributed by atoms with Gasteiger partial charge in [-0.1, -0.05) is 11.6 Å². The molecule has 1 amide bonds. The maximum atomic E-state index is 12.2. The number of ether oxygens (including phenoxy) is 1. The van der Waals surface area contributed by atoms with Crippen molar-refractivity contribution in [3.8, 4) is 0 Å². The Labute approximate surface area is 152 Å². The Bertz CT molecular complexity index is 766. The molecule has 138 valence electrons. The summed E-state index contributed by atoms with van der Waals surface area (Å²) < 4.78 is 31.0. The number of sulfonamides is 1. The van der Waals surface area contributed by atoms with Gasteiger partial charge < -0.3 is 9.64 Å². The zero-order chi connectivity index (χ0) is 18.6. The predicted molar refractivity (Wildman–Crippen MR) is 93.0 cm³/mol. The zero-order valence-electron chi connectivity index (χ0n) is 14.1. The lowest BCUT2D eigenvalue weighted by atomic mass is 10.0. The molecule has 1 aromatic rings. The molecule has 0 radical (unpaired) electrons. The van der Waals surface area contributed by atoms with Crippen LogP contribution in [-0.4, -0.2) is 51.4 Å². The number of nitrogens with zero attached hydrogens (tertiary/aromatic N) is 1. The molecule has 1 N–H and O–H groups in total. The topological polar surface area (TPSA) is 92.8 Å². The molecule has 0 aliphatic carbocycles. The van der Waals surface area contributed by atoms with Gasteiger partial charge >= 0.3 is 5.97 Å². The number of hydrogen-bond donors (Lipinski definition) is 1. The van der Waals surface area contributed by atoms with Crippen LogP contribution in [0.25, 0.3) is 0 Å². The summed E-state index contributed by atoms with van der Waals surface area (Å²) in [7, 11) is -2.56. The number of esters is 1. The number of halogens is 1. The highest BCUT2D eigenvalue weighted by molar-refractivity contribution is 7.89. The third-order valence-corrected chi connectivity index (χ3v) is 6.07. The Morgan fingerprint density at radius 2 is 2.08 bits per heavy atom. The van der Waals surface area contributed by atoms with Crippen molar-refractivity contribution in [3.63, 3.8) is 0 Å². The van der Waals surface area contributed by atoms with Gasteiger partial charge in [0, 0.05) is 12.6 Å². The monoisotopic (exact) mass is 388 g/mol. The van der Waals surface area contributed by atoms with Crippen molar-refractivity contribution in [1.82, 2.24) is 9.62 Å². The Morgan fingerprint density at radius 3 is 2.72 bits per heavy atom. The number of benzene rings is 1. The van der Waals surface area contributed by atoms with Crippen LogP contribution < -0.4 is 4.72 Å². The van der Waals surface area contributed by atoms with Gasteiger partial charge in [-0.15, -0.1) is 0 Å². The Balaban J connectivity index is 2.06. The fraction of sp³-hybridized carbons (Fsp3) is 0.500. The van der Waals surface area contributed by atoms with Gasteiger partial charge in [-0.3, -0.25) is 4.79 Å². The zero-order valence-corrected chi connectivity index (χ0v) is 15.7. The Morgan fingerprint density at radius 1 is 1.36 bits per heavy atom. The number of rotatable bonds is 5. The van der Waals surface area contributed by atoms with E-state index in [4.69, 9.17) is 16.3 Å². The SMILES string of the molecule is CNS(=O)(=O)c1cc(C(=O)OCC(=O)N2CCCC[C@H]2C)ccc1Cl. The molecular weight excluding hydrogens is 368 g/mol. The van der Waals surface area contributed by atoms with Crippen LogP contribution in [0.15, 0.2) is 23.1 Å². The first-order valence-corrected chi connectivity index (χ1v) is 9.82. The minimum atomic E-state index is -3.81. The number of piperidine rings is 1. The fourth-order valence-corrected chi connectivity index (χ4v) is 3.96. The van der Waals surface area contributed by atoms with E-state index in [0.717, 1.165) is 25.3 Å². The van der Waals surface area contributed by atoms with Crippen LogP contribution in [-0.2, 0) is 19.6 Å². The second kappa shape index (κ2) is 8.16. The molecule has 1 aliphatic heterocycles. The lowest BCUT2D eigenvalue weighted by Gasteiger charge is -2.33. The summed E-state index contributed by atoms with van der Waals surface area (Å²) in [5.74, 6) is -1.03. The molecule has 1 heterocycles. The van der Waals surface area contributed by atoms with Gasteiger partial charge in [0.05, 0.1) is 10.6 Å². The molecule has 7 nitrogen and oxygen atoms in total. The minimum Gasteiger partial charge on any atom is -0.452 e. The van der Waals surface area contributed by atoms with Crippen molar-refractivity contribution in [1.29, 1.82) is 0 Å². The highest BCUT2D eigenvalue weighted by Crippen LogP contribution is 2.23. The van der Waals surface area contributed by atoms with Gasteiger partial charge in [-0.05, 0) is 51.4 Å². The summed E-state index contributed by atoms with van der Waals surface area (Å²) in [6.45, 7) is 2.25. The maximum Gasteiger partial charge on any atom is 0.338 e. The van der Waals surface area contributed by atoms with Crippen LogP contribution in [0.5, 0.6) is 0 Å². The molecule has 1 aliphatic rings. The molecule has 0 saturated carbocycles. The van der Waals surface area contributed by atoms with Crippen LogP contribution in [0.2, 0.25) is 5.02 Å². The van der Waals surface area contributed by atoms with Crippen LogP contribution in [0.4, 0.5) is 0 Å². The average molecular weight is 389 g/mol. The first-order chi connectivity index (χ1) is 11.8. The van der Waals surface area contributed by atoms with Gasteiger partial charge in [0.1, 0.15) is 4.90 Å². The number of likely N-dealkylation sites (tertiary alicyclic amines) is 1. The van der Waals surface area contributed by atoms with E-state index in [1.807, 2.05) is 6.92 Å². The van der Waals surface area contributed by atoms with E-state index < -0.39 is 16.0 Å². The van der Waals surface area contributed by atoms with Crippen LogP contribution in [0, 0.1) is 0 Å². The molecule has 2 rings (SSSR count). The number of carbonyl (C=O) groups is 2. The van der Waals surface area contributed by atoms with Crippen LogP contribution >= 0.6 is 11.6 Å².